The molecule has 2 unspecified atom stereocenters. The average molecular weight is 316 g/mol. The first-order chi connectivity index (χ1) is 8.70. The SMILES string of the molecule is CC1COC(CBr)CN1C(=O)C(C1CC1)C1CC1. The van der Waals surface area contributed by atoms with Gasteiger partial charge in [0.25, 0.3) is 0 Å². The topological polar surface area (TPSA) is 29.5 Å². The van der Waals surface area contributed by atoms with Crippen molar-refractivity contribution in [1.82, 2.24) is 4.90 Å². The van der Waals surface area contributed by atoms with E-state index in [2.05, 4.69) is 27.8 Å². The molecule has 4 heteroatoms. The maximum absolute atomic E-state index is 12.8. The summed E-state index contributed by atoms with van der Waals surface area (Å²) < 4.78 is 5.71. The summed E-state index contributed by atoms with van der Waals surface area (Å²) in [4.78, 5) is 14.9. The van der Waals surface area contributed by atoms with Gasteiger partial charge in [-0.05, 0) is 44.4 Å². The normalized spacial score (nSPS) is 32.9. The zero-order valence-electron chi connectivity index (χ0n) is 11.0. The second kappa shape index (κ2) is 5.12. The van der Waals surface area contributed by atoms with E-state index in [4.69, 9.17) is 4.74 Å². The van der Waals surface area contributed by atoms with Crippen LogP contribution < -0.4 is 0 Å². The van der Waals surface area contributed by atoms with E-state index in [-0.39, 0.29) is 12.1 Å². The largest absolute Gasteiger partial charge is 0.373 e. The van der Waals surface area contributed by atoms with E-state index in [9.17, 15) is 4.79 Å². The van der Waals surface area contributed by atoms with Crippen LogP contribution in [0.4, 0.5) is 0 Å². The monoisotopic (exact) mass is 315 g/mol. The van der Waals surface area contributed by atoms with Crippen LogP contribution in [0, 0.1) is 17.8 Å². The van der Waals surface area contributed by atoms with Crippen LogP contribution in [-0.2, 0) is 9.53 Å². The lowest BCUT2D eigenvalue weighted by atomic mass is 9.95. The number of carbonyl (C=O) groups excluding carboxylic acids is 1. The van der Waals surface area contributed by atoms with Crippen molar-refractivity contribution in [2.24, 2.45) is 17.8 Å². The molecule has 3 nitrogen and oxygen atoms in total. The molecule has 0 radical (unpaired) electrons. The third-order valence-corrected chi connectivity index (χ3v) is 5.23. The summed E-state index contributed by atoms with van der Waals surface area (Å²) in [5, 5.41) is 0.820. The van der Waals surface area contributed by atoms with Gasteiger partial charge < -0.3 is 9.64 Å². The molecule has 3 aliphatic rings. The molecular weight excluding hydrogens is 294 g/mol. The Bertz CT molecular complexity index is 316. The molecule has 2 aliphatic carbocycles. The minimum absolute atomic E-state index is 0.171. The van der Waals surface area contributed by atoms with Gasteiger partial charge in [0.15, 0.2) is 0 Å². The van der Waals surface area contributed by atoms with E-state index in [1.807, 2.05) is 0 Å². The Hall–Kier alpha value is -0.0900. The lowest BCUT2D eigenvalue weighted by Gasteiger charge is -2.39. The first-order valence-corrected chi connectivity index (χ1v) is 8.31. The van der Waals surface area contributed by atoms with Crippen LogP contribution in [0.25, 0.3) is 0 Å². The molecular formula is C14H22BrNO2. The summed E-state index contributed by atoms with van der Waals surface area (Å²) in [6, 6.07) is 0.243. The Balaban J connectivity index is 1.68. The van der Waals surface area contributed by atoms with Crippen LogP contribution in [0.1, 0.15) is 32.6 Å². The number of nitrogens with zero attached hydrogens (tertiary/aromatic N) is 1. The molecule has 2 saturated carbocycles. The molecule has 0 bridgehead atoms. The highest BCUT2D eigenvalue weighted by Gasteiger charge is 2.48. The summed E-state index contributed by atoms with van der Waals surface area (Å²) in [7, 11) is 0. The molecule has 1 saturated heterocycles. The molecule has 3 fully saturated rings. The molecule has 3 rings (SSSR count). The molecule has 1 aliphatic heterocycles. The van der Waals surface area contributed by atoms with Gasteiger partial charge in [0.1, 0.15) is 0 Å². The zero-order chi connectivity index (χ0) is 12.7. The van der Waals surface area contributed by atoms with Crippen LogP contribution in [0.3, 0.4) is 0 Å². The van der Waals surface area contributed by atoms with Gasteiger partial charge in [0.2, 0.25) is 5.91 Å². The van der Waals surface area contributed by atoms with Crippen molar-refractivity contribution in [1.29, 1.82) is 0 Å². The van der Waals surface area contributed by atoms with Crippen molar-refractivity contribution in [3.63, 3.8) is 0 Å². The van der Waals surface area contributed by atoms with Gasteiger partial charge >= 0.3 is 0 Å². The van der Waals surface area contributed by atoms with Crippen LogP contribution in [0.15, 0.2) is 0 Å². The Morgan fingerprint density at radius 3 is 2.44 bits per heavy atom. The third-order valence-electron chi connectivity index (χ3n) is 4.51. The van der Waals surface area contributed by atoms with Crippen molar-refractivity contribution in [3.05, 3.63) is 0 Å². The number of morpholine rings is 1. The molecule has 18 heavy (non-hydrogen) atoms. The Morgan fingerprint density at radius 2 is 1.94 bits per heavy atom. The average Bonchev–Trinajstić information content (AvgIpc) is 3.24. The van der Waals surface area contributed by atoms with Crippen molar-refractivity contribution >= 4 is 21.8 Å². The number of rotatable bonds is 4. The van der Waals surface area contributed by atoms with E-state index < -0.39 is 0 Å². The van der Waals surface area contributed by atoms with Gasteiger partial charge in [-0.3, -0.25) is 4.79 Å². The minimum Gasteiger partial charge on any atom is -0.373 e. The Morgan fingerprint density at radius 1 is 1.33 bits per heavy atom. The van der Waals surface area contributed by atoms with Crippen LogP contribution in [0.5, 0.6) is 0 Å². The second-order valence-corrected chi connectivity index (χ2v) is 6.80. The summed E-state index contributed by atoms with van der Waals surface area (Å²) in [5.74, 6) is 2.15. The number of amides is 1. The minimum atomic E-state index is 0.171. The predicted molar refractivity (Wildman–Crippen MR) is 73.6 cm³/mol. The number of hydrogen-bond donors (Lipinski definition) is 0. The van der Waals surface area contributed by atoms with E-state index in [1.165, 1.54) is 25.7 Å². The quantitative estimate of drug-likeness (QED) is 0.746. The Labute approximate surface area is 117 Å². The number of ether oxygens (including phenoxy) is 1. The van der Waals surface area contributed by atoms with E-state index in [0.29, 0.717) is 30.3 Å². The van der Waals surface area contributed by atoms with Gasteiger partial charge in [0.05, 0.1) is 18.8 Å². The highest BCUT2D eigenvalue weighted by molar-refractivity contribution is 9.09. The van der Waals surface area contributed by atoms with Gasteiger partial charge in [-0.25, -0.2) is 0 Å². The molecule has 0 aromatic heterocycles. The fourth-order valence-electron chi connectivity index (χ4n) is 3.11. The maximum Gasteiger partial charge on any atom is 0.226 e. The highest BCUT2D eigenvalue weighted by atomic mass is 79.9. The Kier molecular flexibility index (Phi) is 3.68. The third kappa shape index (κ3) is 2.60. The van der Waals surface area contributed by atoms with Crippen molar-refractivity contribution in [2.75, 3.05) is 18.5 Å². The summed E-state index contributed by atoms with van der Waals surface area (Å²) in [6.07, 6.45) is 5.26. The summed E-state index contributed by atoms with van der Waals surface area (Å²) in [6.45, 7) is 3.56. The molecule has 2 atom stereocenters. The number of alkyl halides is 1. The van der Waals surface area contributed by atoms with E-state index >= 15 is 0 Å². The molecule has 1 heterocycles. The summed E-state index contributed by atoms with van der Waals surface area (Å²) in [5.41, 5.74) is 0. The lowest BCUT2D eigenvalue weighted by molar-refractivity contribution is -0.148. The molecule has 0 N–H and O–H groups in total. The zero-order valence-corrected chi connectivity index (χ0v) is 12.6. The fraction of sp³-hybridized carbons (Fsp3) is 0.929. The summed E-state index contributed by atoms with van der Waals surface area (Å²) >= 11 is 3.46. The van der Waals surface area contributed by atoms with Gasteiger partial charge in [-0.1, -0.05) is 15.9 Å². The molecule has 0 spiro atoms. The molecule has 0 aromatic rings. The first-order valence-electron chi connectivity index (χ1n) is 7.18. The number of halogens is 1. The number of hydrogen-bond acceptors (Lipinski definition) is 2. The number of carbonyl (C=O) groups is 1. The second-order valence-electron chi connectivity index (χ2n) is 6.15. The lowest BCUT2D eigenvalue weighted by Crippen LogP contribution is -2.53. The molecule has 1 amide bonds. The smallest absolute Gasteiger partial charge is 0.226 e. The van der Waals surface area contributed by atoms with Crippen molar-refractivity contribution < 1.29 is 9.53 Å². The van der Waals surface area contributed by atoms with Crippen LogP contribution in [-0.4, -0.2) is 41.4 Å². The first kappa shape index (κ1) is 12.9. The van der Waals surface area contributed by atoms with Crippen molar-refractivity contribution in [2.45, 2.75) is 44.8 Å². The predicted octanol–water partition coefficient (Wildman–Crippen LogP) is 2.43. The van der Waals surface area contributed by atoms with E-state index in [0.717, 1.165) is 11.9 Å². The van der Waals surface area contributed by atoms with Gasteiger partial charge in [0, 0.05) is 17.8 Å². The van der Waals surface area contributed by atoms with Gasteiger partial charge in [-0.2, -0.15) is 0 Å². The standard InChI is InChI=1S/C14H22BrNO2/c1-9-8-18-12(6-15)7-16(9)14(17)13(10-2-3-10)11-4-5-11/h9-13H,2-8H2,1H3. The molecule has 0 aromatic carbocycles. The van der Waals surface area contributed by atoms with Gasteiger partial charge in [-0.15, -0.1) is 0 Å². The fourth-order valence-corrected chi connectivity index (χ4v) is 3.50. The van der Waals surface area contributed by atoms with Crippen LogP contribution in [0.2, 0.25) is 0 Å². The molecule has 102 valence electrons. The maximum atomic E-state index is 12.8. The van der Waals surface area contributed by atoms with Crippen molar-refractivity contribution in [3.8, 4) is 0 Å². The highest BCUT2D eigenvalue weighted by Crippen LogP contribution is 2.50. The van der Waals surface area contributed by atoms with Crippen LogP contribution >= 0.6 is 15.9 Å². The van der Waals surface area contributed by atoms with E-state index in [1.54, 1.807) is 0 Å².